The molecular formula is C11H11N5O3. The molecule has 0 saturated carbocycles. The molecule has 3 heterocycles. The van der Waals surface area contributed by atoms with Crippen LogP contribution in [0.15, 0.2) is 12.3 Å². The molecule has 2 aromatic rings. The van der Waals surface area contributed by atoms with Gasteiger partial charge in [0.15, 0.2) is 5.82 Å². The Morgan fingerprint density at radius 1 is 1.53 bits per heavy atom. The molecule has 0 saturated heterocycles. The maximum absolute atomic E-state index is 10.8. The summed E-state index contributed by atoms with van der Waals surface area (Å²) in [6, 6.07) is 1.42. The lowest BCUT2D eigenvalue weighted by molar-refractivity contribution is -0.385. The van der Waals surface area contributed by atoms with E-state index in [1.165, 1.54) is 12.3 Å². The van der Waals surface area contributed by atoms with Crippen molar-refractivity contribution in [1.29, 1.82) is 0 Å². The van der Waals surface area contributed by atoms with E-state index in [-0.39, 0.29) is 5.69 Å². The second-order valence-corrected chi connectivity index (χ2v) is 4.10. The summed E-state index contributed by atoms with van der Waals surface area (Å²) in [5.74, 6) is 1.76. The molecule has 8 nitrogen and oxygen atoms in total. The summed E-state index contributed by atoms with van der Waals surface area (Å²) < 4.78 is 7.42. The number of rotatable bonds is 2. The van der Waals surface area contributed by atoms with E-state index in [9.17, 15) is 10.1 Å². The number of nitro groups is 1. The van der Waals surface area contributed by atoms with Gasteiger partial charge in [-0.3, -0.25) is 10.1 Å². The standard InChI is InChI=1S/C11H11N5O3/c1-2-9-13-14-10-8-5-7(16(17)18)6-12-11(8)19-4-3-15(9)10/h5-6H,2-4H2,1H3. The minimum Gasteiger partial charge on any atom is -0.475 e. The van der Waals surface area contributed by atoms with Gasteiger partial charge in [0.25, 0.3) is 5.69 Å². The molecule has 0 aromatic carbocycles. The van der Waals surface area contributed by atoms with Crippen molar-refractivity contribution in [2.24, 2.45) is 0 Å². The van der Waals surface area contributed by atoms with Crippen molar-refractivity contribution in [3.8, 4) is 17.3 Å². The van der Waals surface area contributed by atoms with Crippen LogP contribution in [0.1, 0.15) is 12.7 Å². The van der Waals surface area contributed by atoms with E-state index in [1.807, 2.05) is 11.5 Å². The fourth-order valence-corrected chi connectivity index (χ4v) is 2.08. The molecule has 0 aliphatic carbocycles. The second-order valence-electron chi connectivity index (χ2n) is 4.10. The van der Waals surface area contributed by atoms with Gasteiger partial charge in [0, 0.05) is 12.5 Å². The van der Waals surface area contributed by atoms with Gasteiger partial charge in [0.2, 0.25) is 5.88 Å². The predicted octanol–water partition coefficient (Wildman–Crippen LogP) is 1.20. The zero-order valence-corrected chi connectivity index (χ0v) is 10.2. The van der Waals surface area contributed by atoms with E-state index in [1.54, 1.807) is 0 Å². The number of aryl methyl sites for hydroxylation is 1. The van der Waals surface area contributed by atoms with Gasteiger partial charge in [-0.25, -0.2) is 4.98 Å². The molecule has 0 N–H and O–H groups in total. The van der Waals surface area contributed by atoms with Crippen LogP contribution < -0.4 is 4.74 Å². The summed E-state index contributed by atoms with van der Waals surface area (Å²) in [6.45, 7) is 3.03. The molecule has 0 atom stereocenters. The molecule has 19 heavy (non-hydrogen) atoms. The fraction of sp³-hybridized carbons (Fsp3) is 0.364. The molecule has 0 spiro atoms. The third kappa shape index (κ3) is 1.81. The topological polar surface area (TPSA) is 96.0 Å². The molecule has 8 heteroatoms. The van der Waals surface area contributed by atoms with Crippen molar-refractivity contribution in [2.45, 2.75) is 19.9 Å². The summed E-state index contributed by atoms with van der Waals surface area (Å²) >= 11 is 0. The lowest BCUT2D eigenvalue weighted by Gasteiger charge is -2.03. The van der Waals surface area contributed by atoms with Crippen LogP contribution in [-0.2, 0) is 13.0 Å². The van der Waals surface area contributed by atoms with Crippen molar-refractivity contribution in [3.05, 3.63) is 28.2 Å². The first-order valence-corrected chi connectivity index (χ1v) is 5.90. The summed E-state index contributed by atoms with van der Waals surface area (Å²) in [4.78, 5) is 14.3. The van der Waals surface area contributed by atoms with Crippen LogP contribution in [0.2, 0.25) is 0 Å². The molecule has 0 amide bonds. The highest BCUT2D eigenvalue weighted by Crippen LogP contribution is 2.32. The van der Waals surface area contributed by atoms with Gasteiger partial charge in [-0.05, 0) is 0 Å². The molecule has 1 aliphatic heterocycles. The smallest absolute Gasteiger partial charge is 0.288 e. The van der Waals surface area contributed by atoms with Crippen LogP contribution in [-0.4, -0.2) is 31.3 Å². The van der Waals surface area contributed by atoms with E-state index in [2.05, 4.69) is 15.2 Å². The van der Waals surface area contributed by atoms with Crippen LogP contribution >= 0.6 is 0 Å². The molecule has 0 radical (unpaired) electrons. The second kappa shape index (κ2) is 4.30. The SMILES string of the molecule is CCc1nnc2n1CCOc1ncc([N+](=O)[O-])cc1-2. The largest absolute Gasteiger partial charge is 0.475 e. The Morgan fingerprint density at radius 2 is 2.37 bits per heavy atom. The van der Waals surface area contributed by atoms with E-state index < -0.39 is 4.92 Å². The van der Waals surface area contributed by atoms with Gasteiger partial charge in [0.1, 0.15) is 18.6 Å². The molecule has 2 aromatic heterocycles. The molecule has 0 bridgehead atoms. The van der Waals surface area contributed by atoms with Crippen LogP contribution in [0, 0.1) is 10.1 Å². The van der Waals surface area contributed by atoms with E-state index >= 15 is 0 Å². The highest BCUT2D eigenvalue weighted by atomic mass is 16.6. The number of hydrogen-bond donors (Lipinski definition) is 0. The Labute approximate surface area is 108 Å². The van der Waals surface area contributed by atoms with E-state index in [0.29, 0.717) is 30.4 Å². The summed E-state index contributed by atoms with van der Waals surface area (Å²) in [5.41, 5.74) is 0.427. The number of ether oxygens (including phenoxy) is 1. The first-order valence-electron chi connectivity index (χ1n) is 5.90. The Bertz CT molecular complexity index is 652. The van der Waals surface area contributed by atoms with Gasteiger partial charge in [0.05, 0.1) is 17.0 Å². The number of pyridine rings is 1. The normalized spacial score (nSPS) is 13.1. The summed E-state index contributed by atoms with van der Waals surface area (Å²) in [7, 11) is 0. The van der Waals surface area contributed by atoms with Gasteiger partial charge in [-0.2, -0.15) is 0 Å². The number of fused-ring (bicyclic) bond motifs is 3. The quantitative estimate of drug-likeness (QED) is 0.595. The Hall–Kier alpha value is -2.51. The van der Waals surface area contributed by atoms with Crippen LogP contribution in [0.5, 0.6) is 5.88 Å². The average Bonchev–Trinajstić information content (AvgIpc) is 2.73. The molecule has 98 valence electrons. The zero-order valence-electron chi connectivity index (χ0n) is 10.2. The highest BCUT2D eigenvalue weighted by molar-refractivity contribution is 5.65. The van der Waals surface area contributed by atoms with E-state index in [4.69, 9.17) is 4.74 Å². The Kier molecular flexibility index (Phi) is 2.62. The van der Waals surface area contributed by atoms with Crippen LogP contribution in [0.25, 0.3) is 11.4 Å². The number of nitrogens with zero attached hydrogens (tertiary/aromatic N) is 5. The lowest BCUT2D eigenvalue weighted by Crippen LogP contribution is -2.09. The van der Waals surface area contributed by atoms with Gasteiger partial charge < -0.3 is 9.30 Å². The van der Waals surface area contributed by atoms with Crippen molar-refractivity contribution in [2.75, 3.05) is 6.61 Å². The van der Waals surface area contributed by atoms with Crippen LogP contribution in [0.4, 0.5) is 5.69 Å². The van der Waals surface area contributed by atoms with Gasteiger partial charge >= 0.3 is 0 Å². The van der Waals surface area contributed by atoms with Crippen molar-refractivity contribution < 1.29 is 9.66 Å². The lowest BCUT2D eigenvalue weighted by atomic mass is 10.2. The van der Waals surface area contributed by atoms with Crippen molar-refractivity contribution in [3.63, 3.8) is 0 Å². The molecule has 0 unspecified atom stereocenters. The van der Waals surface area contributed by atoms with Crippen LogP contribution in [0.3, 0.4) is 0 Å². The minimum absolute atomic E-state index is 0.0863. The average molecular weight is 261 g/mol. The molecule has 1 aliphatic rings. The predicted molar refractivity (Wildman–Crippen MR) is 64.8 cm³/mol. The summed E-state index contributed by atoms with van der Waals surface area (Å²) in [6.07, 6.45) is 1.93. The Morgan fingerprint density at radius 3 is 3.11 bits per heavy atom. The van der Waals surface area contributed by atoms with Crippen molar-refractivity contribution >= 4 is 5.69 Å². The zero-order chi connectivity index (χ0) is 13.4. The Balaban J connectivity index is 2.21. The number of hydrogen-bond acceptors (Lipinski definition) is 6. The first-order chi connectivity index (χ1) is 9.20. The first kappa shape index (κ1) is 11.6. The van der Waals surface area contributed by atoms with E-state index in [0.717, 1.165) is 12.2 Å². The minimum atomic E-state index is -0.486. The molecular weight excluding hydrogens is 250 g/mol. The third-order valence-corrected chi connectivity index (χ3v) is 2.99. The van der Waals surface area contributed by atoms with Crippen molar-refractivity contribution in [1.82, 2.24) is 19.7 Å². The summed E-state index contributed by atoms with van der Waals surface area (Å²) in [5, 5.41) is 19.0. The highest BCUT2D eigenvalue weighted by Gasteiger charge is 2.23. The maximum Gasteiger partial charge on any atom is 0.288 e. The fourth-order valence-electron chi connectivity index (χ4n) is 2.08. The molecule has 0 fully saturated rings. The maximum atomic E-state index is 10.8. The number of aromatic nitrogens is 4. The van der Waals surface area contributed by atoms with Gasteiger partial charge in [-0.1, -0.05) is 6.92 Å². The third-order valence-electron chi connectivity index (χ3n) is 2.99. The monoisotopic (exact) mass is 261 g/mol. The molecule has 3 rings (SSSR count). The van der Waals surface area contributed by atoms with Gasteiger partial charge in [-0.15, -0.1) is 10.2 Å².